The van der Waals surface area contributed by atoms with Crippen LogP contribution in [0.1, 0.15) is 322 Å². The maximum Gasteiger partial charge on any atom is 0.268 e. The van der Waals surface area contributed by atoms with Crippen molar-refractivity contribution < 1.29 is 32.9 Å². The van der Waals surface area contributed by atoms with Crippen molar-refractivity contribution in [1.82, 2.24) is 5.32 Å². The topological polar surface area (TPSA) is 108 Å². The number of aliphatic hydroxyl groups is 1. The number of amides is 1. The fraction of sp³-hybridized carbons (Fsp3) is 0.817. The maximum absolute atomic E-state index is 13.0. The van der Waals surface area contributed by atoms with Crippen molar-refractivity contribution in [2.24, 2.45) is 0 Å². The van der Waals surface area contributed by atoms with Gasteiger partial charge in [0.15, 0.2) is 0 Å². The van der Waals surface area contributed by atoms with Crippen LogP contribution in [0, 0.1) is 0 Å². The zero-order chi connectivity index (χ0) is 58.4. The van der Waals surface area contributed by atoms with E-state index in [-0.39, 0.29) is 12.5 Å². The molecule has 0 saturated carbocycles. The van der Waals surface area contributed by atoms with E-state index in [0.29, 0.717) is 17.4 Å². The maximum atomic E-state index is 13.0. The zero-order valence-electron chi connectivity index (χ0n) is 53.5. The number of carbonyl (C=O) groups is 1. The highest BCUT2D eigenvalue weighted by atomic mass is 31.2. The van der Waals surface area contributed by atoms with Crippen LogP contribution in [-0.4, -0.2) is 68.5 Å². The Morgan fingerprint density at radius 2 is 0.738 bits per heavy atom. The summed E-state index contributed by atoms with van der Waals surface area (Å²) >= 11 is 0. The minimum atomic E-state index is -4.62. The summed E-state index contributed by atoms with van der Waals surface area (Å²) in [7, 11) is 1.24. The van der Waals surface area contributed by atoms with E-state index in [2.05, 4.69) is 79.9 Å². The Hall–Kier alpha value is -2.06. The molecule has 9 heteroatoms. The van der Waals surface area contributed by atoms with Gasteiger partial charge >= 0.3 is 0 Å². The molecular weight excluding hydrogens is 1010 g/mol. The van der Waals surface area contributed by atoms with Crippen LogP contribution in [-0.2, 0) is 18.4 Å². The SMILES string of the molecule is CCCCCCC/C=C\C/C=C\C/C=C\CCCCCCCCCCCCCCCCCCCCC(=O)NC(COP(=O)([O-])OCC[N+](C)(C)C)C(O)/C=C/CC/C=C/CC/C=C/CCCCCCCCCCCCCCCCC. The zero-order valence-corrected chi connectivity index (χ0v) is 54.4. The number of likely N-dealkylation sites (N-methyl/N-ethyl adjacent to an activating group) is 1. The first-order valence-corrected chi connectivity index (χ1v) is 35.8. The molecule has 0 fully saturated rings. The summed E-state index contributed by atoms with van der Waals surface area (Å²) in [5.74, 6) is -0.208. The second kappa shape index (κ2) is 61.5. The molecular formula is C71H133N2O6P. The van der Waals surface area contributed by atoms with E-state index in [1.807, 2.05) is 27.2 Å². The molecule has 0 radical (unpaired) electrons. The fourth-order valence-electron chi connectivity index (χ4n) is 10.0. The van der Waals surface area contributed by atoms with Crippen molar-refractivity contribution in [3.8, 4) is 0 Å². The molecule has 0 rings (SSSR count). The Labute approximate surface area is 497 Å². The molecule has 80 heavy (non-hydrogen) atoms. The van der Waals surface area contributed by atoms with Crippen LogP contribution in [0.3, 0.4) is 0 Å². The summed E-state index contributed by atoms with van der Waals surface area (Å²) in [6.07, 6.45) is 85.9. The van der Waals surface area contributed by atoms with Gasteiger partial charge in [-0.15, -0.1) is 0 Å². The molecule has 0 aliphatic rings. The lowest BCUT2D eigenvalue weighted by atomic mass is 10.0. The Balaban J connectivity index is 4.12. The highest BCUT2D eigenvalue weighted by molar-refractivity contribution is 7.45. The predicted octanol–water partition coefficient (Wildman–Crippen LogP) is 21.1. The molecule has 0 heterocycles. The summed E-state index contributed by atoms with van der Waals surface area (Å²) in [6, 6.07) is -0.913. The Bertz CT molecular complexity index is 1530. The summed E-state index contributed by atoms with van der Waals surface area (Å²) < 4.78 is 23.4. The quantitative estimate of drug-likeness (QED) is 0.0272. The average Bonchev–Trinajstić information content (AvgIpc) is 3.42. The van der Waals surface area contributed by atoms with Crippen LogP contribution in [0.5, 0.6) is 0 Å². The number of phosphoric acid groups is 1. The lowest BCUT2D eigenvalue weighted by molar-refractivity contribution is -0.870. The van der Waals surface area contributed by atoms with Gasteiger partial charge in [0.25, 0.3) is 7.82 Å². The smallest absolute Gasteiger partial charge is 0.268 e. The van der Waals surface area contributed by atoms with Crippen LogP contribution < -0.4 is 10.2 Å². The number of aliphatic hydroxyl groups excluding tert-OH is 1. The third-order valence-electron chi connectivity index (χ3n) is 15.4. The standard InChI is InChI=1S/C71H133N2O6P/c1-6-8-10-12-14-16-18-20-22-24-26-28-30-32-33-34-35-36-37-38-39-41-43-45-47-49-51-53-55-57-59-61-63-65-71(75)72-69(68-79-80(76,77)78-67-66-73(3,4)5)70(74)64-62-60-58-56-54-52-50-48-46-44-42-40-31-29-27-25-23-21-19-17-15-13-11-9-7-2/h18,20,24,26,30,32,46,48,54,56,62,64,69-70,74H,6-17,19,21-23,25,27-29,31,33-45,47,49-53,55,57-61,63,65-68H2,1-5H3,(H-,72,75,76,77)/b20-18-,26-24-,32-30-,48-46+,56-54+,64-62+. The molecule has 8 nitrogen and oxygen atoms in total. The molecule has 0 aromatic carbocycles. The summed E-state index contributed by atoms with van der Waals surface area (Å²) in [5.41, 5.74) is 0. The van der Waals surface area contributed by atoms with Gasteiger partial charge < -0.3 is 28.8 Å². The van der Waals surface area contributed by atoms with Crippen LogP contribution in [0.15, 0.2) is 72.9 Å². The molecule has 468 valence electrons. The average molecular weight is 1140 g/mol. The van der Waals surface area contributed by atoms with Crippen LogP contribution in [0.4, 0.5) is 0 Å². The summed E-state index contributed by atoms with van der Waals surface area (Å²) in [6.45, 7) is 4.64. The van der Waals surface area contributed by atoms with Gasteiger partial charge in [0, 0.05) is 6.42 Å². The van der Waals surface area contributed by atoms with Crippen molar-refractivity contribution in [2.75, 3.05) is 40.9 Å². The number of nitrogens with zero attached hydrogens (tertiary/aromatic N) is 1. The predicted molar refractivity (Wildman–Crippen MR) is 348 cm³/mol. The molecule has 3 unspecified atom stereocenters. The van der Waals surface area contributed by atoms with Crippen molar-refractivity contribution in [3.63, 3.8) is 0 Å². The molecule has 0 aliphatic carbocycles. The number of quaternary nitrogens is 1. The largest absolute Gasteiger partial charge is 0.756 e. The highest BCUT2D eigenvalue weighted by Crippen LogP contribution is 2.38. The third-order valence-corrected chi connectivity index (χ3v) is 16.3. The number of unbranched alkanes of at least 4 members (excludes halogenated alkanes) is 40. The molecule has 2 N–H and O–H groups in total. The molecule has 0 aromatic rings. The van der Waals surface area contributed by atoms with Crippen LogP contribution in [0.25, 0.3) is 0 Å². The number of nitrogens with one attached hydrogen (secondary N) is 1. The first-order valence-electron chi connectivity index (χ1n) is 34.3. The van der Waals surface area contributed by atoms with Crippen LogP contribution >= 0.6 is 7.82 Å². The van der Waals surface area contributed by atoms with E-state index < -0.39 is 26.6 Å². The van der Waals surface area contributed by atoms with E-state index in [4.69, 9.17) is 9.05 Å². The van der Waals surface area contributed by atoms with Gasteiger partial charge in [0.1, 0.15) is 13.2 Å². The van der Waals surface area contributed by atoms with Gasteiger partial charge in [-0.25, -0.2) is 0 Å². The van der Waals surface area contributed by atoms with Crippen molar-refractivity contribution in [1.29, 1.82) is 0 Å². The molecule has 0 saturated heterocycles. The molecule has 0 spiro atoms. The molecule has 0 bridgehead atoms. The number of phosphoric ester groups is 1. The highest BCUT2D eigenvalue weighted by Gasteiger charge is 2.23. The second-order valence-electron chi connectivity index (χ2n) is 24.5. The van der Waals surface area contributed by atoms with Crippen molar-refractivity contribution >= 4 is 13.7 Å². The van der Waals surface area contributed by atoms with Gasteiger partial charge in [-0.3, -0.25) is 9.36 Å². The number of carbonyl (C=O) groups excluding carboxylic acids is 1. The Morgan fingerprint density at radius 1 is 0.438 bits per heavy atom. The van der Waals surface area contributed by atoms with Crippen molar-refractivity contribution in [3.05, 3.63) is 72.9 Å². The van der Waals surface area contributed by atoms with Crippen LogP contribution in [0.2, 0.25) is 0 Å². The number of rotatable bonds is 63. The number of allylic oxidation sites excluding steroid dienone is 11. The molecule has 0 aromatic heterocycles. The number of hydrogen-bond donors (Lipinski definition) is 2. The van der Waals surface area contributed by atoms with E-state index in [9.17, 15) is 19.4 Å². The lowest BCUT2D eigenvalue weighted by Gasteiger charge is -2.29. The summed E-state index contributed by atoms with van der Waals surface area (Å²) in [5, 5.41) is 13.9. The monoisotopic (exact) mass is 1140 g/mol. The first kappa shape index (κ1) is 77.9. The number of hydrogen-bond acceptors (Lipinski definition) is 6. The lowest BCUT2D eigenvalue weighted by Crippen LogP contribution is -2.45. The minimum Gasteiger partial charge on any atom is -0.756 e. The minimum absolute atomic E-state index is 0.00998. The molecule has 0 aliphatic heterocycles. The van der Waals surface area contributed by atoms with E-state index in [0.717, 1.165) is 57.8 Å². The normalized spacial score (nSPS) is 14.1. The Kier molecular flexibility index (Phi) is 59.9. The van der Waals surface area contributed by atoms with E-state index in [1.54, 1.807) is 6.08 Å². The fourth-order valence-corrected chi connectivity index (χ4v) is 10.7. The van der Waals surface area contributed by atoms with Gasteiger partial charge in [-0.05, 0) is 83.5 Å². The molecule has 1 amide bonds. The first-order chi connectivity index (χ1) is 39.0. The van der Waals surface area contributed by atoms with Crippen molar-refractivity contribution in [2.45, 2.75) is 334 Å². The van der Waals surface area contributed by atoms with E-state index >= 15 is 0 Å². The summed E-state index contributed by atoms with van der Waals surface area (Å²) in [4.78, 5) is 25.6. The van der Waals surface area contributed by atoms with Gasteiger partial charge in [-0.2, -0.15) is 0 Å². The molecule has 3 atom stereocenters. The van der Waals surface area contributed by atoms with Gasteiger partial charge in [0.05, 0.1) is 39.9 Å². The van der Waals surface area contributed by atoms with Gasteiger partial charge in [-0.1, -0.05) is 305 Å². The van der Waals surface area contributed by atoms with Gasteiger partial charge in [0.2, 0.25) is 5.91 Å². The Morgan fingerprint density at radius 3 is 1.10 bits per heavy atom. The second-order valence-corrected chi connectivity index (χ2v) is 25.9. The van der Waals surface area contributed by atoms with E-state index in [1.165, 1.54) is 244 Å². The third kappa shape index (κ3) is 63.5.